The highest BCUT2D eigenvalue weighted by atomic mass is 32.2. The highest BCUT2D eigenvalue weighted by Gasteiger charge is 2.31. The lowest BCUT2D eigenvalue weighted by atomic mass is 9.94. The van der Waals surface area contributed by atoms with Crippen molar-refractivity contribution >= 4 is 33.0 Å². The van der Waals surface area contributed by atoms with Crippen molar-refractivity contribution in [2.75, 3.05) is 18.4 Å². The number of hydrogen-bond acceptors (Lipinski definition) is 4. The molecule has 26 heavy (non-hydrogen) atoms. The number of rotatable bonds is 5. The average Bonchev–Trinajstić information content (AvgIpc) is 3.07. The number of sulfonamides is 1. The molecule has 0 radical (unpaired) electrons. The van der Waals surface area contributed by atoms with E-state index in [4.69, 9.17) is 0 Å². The van der Waals surface area contributed by atoms with Gasteiger partial charge in [0, 0.05) is 18.8 Å². The van der Waals surface area contributed by atoms with Gasteiger partial charge in [0.05, 0.1) is 11.3 Å². The largest absolute Gasteiger partial charge is 0.326 e. The summed E-state index contributed by atoms with van der Waals surface area (Å²) in [5, 5.41) is 6.69. The van der Waals surface area contributed by atoms with E-state index in [9.17, 15) is 13.2 Å². The van der Waals surface area contributed by atoms with Gasteiger partial charge in [0.25, 0.3) is 0 Å². The first-order valence-electron chi connectivity index (χ1n) is 8.75. The number of carbonyl (C=O) groups is 1. The molecular formula is C19H24N2O3S2. The molecule has 2 heterocycles. The minimum Gasteiger partial charge on any atom is -0.326 e. The smallest absolute Gasteiger partial charge is 0.243 e. The van der Waals surface area contributed by atoms with Crippen LogP contribution in [0.4, 0.5) is 5.69 Å². The highest BCUT2D eigenvalue weighted by Crippen LogP contribution is 2.27. The maximum absolute atomic E-state index is 12.9. The number of nitrogens with one attached hydrogen (secondary N) is 1. The summed E-state index contributed by atoms with van der Waals surface area (Å²) in [6.07, 6.45) is 1.37. The monoisotopic (exact) mass is 392 g/mol. The number of benzene rings is 1. The standard InChI is InChI=1S/C19H24N2O3S2/c1-14-9-15(2)12-21(11-14)26(23,24)18-5-3-17(4-6-18)20-19(22)10-16-7-8-25-13-16/h3-8,13-15H,9-12H2,1-2H3,(H,20,22). The highest BCUT2D eigenvalue weighted by molar-refractivity contribution is 7.89. The Morgan fingerprint density at radius 2 is 1.81 bits per heavy atom. The number of anilines is 1. The molecule has 2 aromatic rings. The number of hydrogen-bond donors (Lipinski definition) is 1. The van der Waals surface area contributed by atoms with E-state index >= 15 is 0 Å². The summed E-state index contributed by atoms with van der Waals surface area (Å²) in [6, 6.07) is 8.35. The Hall–Kier alpha value is -1.70. The van der Waals surface area contributed by atoms with Crippen LogP contribution < -0.4 is 5.32 Å². The first-order chi connectivity index (χ1) is 12.3. The normalized spacial score (nSPS) is 21.5. The van der Waals surface area contributed by atoms with Gasteiger partial charge in [0.2, 0.25) is 15.9 Å². The molecular weight excluding hydrogens is 368 g/mol. The van der Waals surface area contributed by atoms with Gasteiger partial charge < -0.3 is 5.32 Å². The summed E-state index contributed by atoms with van der Waals surface area (Å²) in [7, 11) is -3.49. The van der Waals surface area contributed by atoms with Gasteiger partial charge in [-0.15, -0.1) is 0 Å². The second kappa shape index (κ2) is 7.90. The lowest BCUT2D eigenvalue weighted by Crippen LogP contribution is -2.42. The van der Waals surface area contributed by atoms with Gasteiger partial charge in [0.1, 0.15) is 0 Å². The molecule has 0 aliphatic carbocycles. The zero-order chi connectivity index (χ0) is 18.7. The van der Waals surface area contributed by atoms with Crippen LogP contribution in [0.5, 0.6) is 0 Å². The predicted octanol–water partition coefficient (Wildman–Crippen LogP) is 3.60. The Morgan fingerprint density at radius 3 is 2.38 bits per heavy atom. The molecule has 3 rings (SSSR count). The van der Waals surface area contributed by atoms with Crippen molar-refractivity contribution in [1.29, 1.82) is 0 Å². The van der Waals surface area contributed by atoms with Crippen molar-refractivity contribution in [2.45, 2.75) is 31.6 Å². The maximum atomic E-state index is 12.9. The number of piperidine rings is 1. The van der Waals surface area contributed by atoms with Gasteiger partial charge >= 0.3 is 0 Å². The van der Waals surface area contributed by atoms with Crippen molar-refractivity contribution in [1.82, 2.24) is 4.31 Å². The van der Waals surface area contributed by atoms with Crippen molar-refractivity contribution in [3.8, 4) is 0 Å². The minimum atomic E-state index is -3.49. The minimum absolute atomic E-state index is 0.113. The van der Waals surface area contributed by atoms with Crippen LogP contribution in [-0.4, -0.2) is 31.7 Å². The molecule has 1 aliphatic rings. The summed E-state index contributed by atoms with van der Waals surface area (Å²) in [5.41, 5.74) is 1.57. The van der Waals surface area contributed by atoms with Crippen LogP contribution in [0.15, 0.2) is 46.0 Å². The van der Waals surface area contributed by atoms with Crippen molar-refractivity contribution in [3.05, 3.63) is 46.7 Å². The zero-order valence-corrected chi connectivity index (χ0v) is 16.6. The molecule has 1 fully saturated rings. The van der Waals surface area contributed by atoms with E-state index in [0.717, 1.165) is 12.0 Å². The molecule has 2 atom stereocenters. The third-order valence-electron chi connectivity index (χ3n) is 4.56. The Bertz CT molecular complexity index is 835. The topological polar surface area (TPSA) is 66.5 Å². The molecule has 1 aromatic carbocycles. The molecule has 7 heteroatoms. The average molecular weight is 393 g/mol. The lowest BCUT2D eigenvalue weighted by Gasteiger charge is -2.34. The number of amides is 1. The number of thiophene rings is 1. The van der Waals surface area contributed by atoms with Gasteiger partial charge in [-0.1, -0.05) is 13.8 Å². The molecule has 1 amide bonds. The van der Waals surface area contributed by atoms with Crippen LogP contribution in [0.25, 0.3) is 0 Å². The van der Waals surface area contributed by atoms with Crippen LogP contribution in [0.2, 0.25) is 0 Å². The Balaban J connectivity index is 1.67. The number of nitrogens with zero attached hydrogens (tertiary/aromatic N) is 1. The summed E-state index contributed by atoms with van der Waals surface area (Å²) in [6.45, 7) is 5.30. The second-order valence-corrected chi connectivity index (χ2v) is 9.87. The molecule has 1 saturated heterocycles. The second-order valence-electron chi connectivity index (χ2n) is 7.15. The van der Waals surface area contributed by atoms with E-state index in [1.54, 1.807) is 39.9 Å². The van der Waals surface area contributed by atoms with E-state index in [0.29, 0.717) is 37.0 Å². The Labute approximate surface area is 159 Å². The molecule has 5 nitrogen and oxygen atoms in total. The van der Waals surface area contributed by atoms with Gasteiger partial charge in [-0.3, -0.25) is 4.79 Å². The summed E-state index contributed by atoms with van der Waals surface area (Å²) < 4.78 is 27.3. The predicted molar refractivity (Wildman–Crippen MR) is 105 cm³/mol. The fourth-order valence-electron chi connectivity index (χ4n) is 3.45. The van der Waals surface area contributed by atoms with Crippen LogP contribution in [0.3, 0.4) is 0 Å². The Morgan fingerprint density at radius 1 is 1.15 bits per heavy atom. The molecule has 140 valence electrons. The van der Waals surface area contributed by atoms with Crippen LogP contribution >= 0.6 is 11.3 Å². The van der Waals surface area contributed by atoms with Crippen molar-refractivity contribution < 1.29 is 13.2 Å². The first-order valence-corrected chi connectivity index (χ1v) is 11.1. The molecule has 0 bridgehead atoms. The van der Waals surface area contributed by atoms with Crippen molar-refractivity contribution in [2.24, 2.45) is 11.8 Å². The molecule has 0 spiro atoms. The number of carbonyl (C=O) groups excluding carboxylic acids is 1. The van der Waals surface area contributed by atoms with Crippen LogP contribution in [0.1, 0.15) is 25.8 Å². The summed E-state index contributed by atoms with van der Waals surface area (Å²) >= 11 is 1.55. The fraction of sp³-hybridized carbons (Fsp3) is 0.421. The van der Waals surface area contributed by atoms with Gasteiger partial charge in [0.15, 0.2) is 0 Å². The zero-order valence-electron chi connectivity index (χ0n) is 15.0. The third kappa shape index (κ3) is 4.52. The summed E-state index contributed by atoms with van der Waals surface area (Å²) in [4.78, 5) is 12.3. The first kappa shape index (κ1) is 19.1. The van der Waals surface area contributed by atoms with Gasteiger partial charge in [-0.25, -0.2) is 8.42 Å². The van der Waals surface area contributed by atoms with E-state index in [2.05, 4.69) is 19.2 Å². The van der Waals surface area contributed by atoms with E-state index in [1.807, 2.05) is 16.8 Å². The third-order valence-corrected chi connectivity index (χ3v) is 7.13. The molecule has 2 unspecified atom stereocenters. The lowest BCUT2D eigenvalue weighted by molar-refractivity contribution is -0.115. The maximum Gasteiger partial charge on any atom is 0.243 e. The molecule has 0 saturated carbocycles. The quantitative estimate of drug-likeness (QED) is 0.845. The van der Waals surface area contributed by atoms with E-state index in [1.165, 1.54) is 0 Å². The van der Waals surface area contributed by atoms with Crippen LogP contribution in [0, 0.1) is 11.8 Å². The molecule has 1 N–H and O–H groups in total. The Kier molecular flexibility index (Phi) is 5.79. The molecule has 1 aromatic heterocycles. The summed E-state index contributed by atoms with van der Waals surface area (Å²) in [5.74, 6) is 0.617. The van der Waals surface area contributed by atoms with E-state index < -0.39 is 10.0 Å². The van der Waals surface area contributed by atoms with Crippen molar-refractivity contribution in [3.63, 3.8) is 0 Å². The molecule has 1 aliphatic heterocycles. The van der Waals surface area contributed by atoms with Gasteiger partial charge in [-0.05, 0) is 64.9 Å². The fourth-order valence-corrected chi connectivity index (χ4v) is 5.79. The van der Waals surface area contributed by atoms with Gasteiger partial charge in [-0.2, -0.15) is 15.6 Å². The van der Waals surface area contributed by atoms with E-state index in [-0.39, 0.29) is 10.8 Å². The SMILES string of the molecule is CC1CC(C)CN(S(=O)(=O)c2ccc(NC(=O)Cc3ccsc3)cc2)C1. The van der Waals surface area contributed by atoms with Crippen LogP contribution in [-0.2, 0) is 21.2 Å².